The Balaban J connectivity index is 1.58. The lowest BCUT2D eigenvalue weighted by molar-refractivity contribution is 1.12. The molecule has 0 aliphatic carbocycles. The Morgan fingerprint density at radius 3 is 2.44 bits per heavy atom. The van der Waals surface area contributed by atoms with E-state index in [1.807, 2.05) is 38.4 Å². The Hall–Kier alpha value is -3.21. The van der Waals surface area contributed by atoms with Crippen molar-refractivity contribution in [3.63, 3.8) is 0 Å². The molecule has 3 heterocycles. The Labute approximate surface area is 160 Å². The molecule has 3 rings (SSSR count). The average Bonchev–Trinajstić information content (AvgIpc) is 2.66. The van der Waals surface area contributed by atoms with E-state index < -0.39 is 0 Å². The van der Waals surface area contributed by atoms with Crippen molar-refractivity contribution in [3.8, 4) is 11.3 Å². The molecule has 3 aromatic rings. The van der Waals surface area contributed by atoms with E-state index in [0.29, 0.717) is 6.42 Å². The minimum atomic E-state index is 0.701. The quantitative estimate of drug-likeness (QED) is 0.488. The smallest absolute Gasteiger partial charge is 0.0732 e. The van der Waals surface area contributed by atoms with Gasteiger partial charge in [0.05, 0.1) is 5.69 Å². The lowest BCUT2D eigenvalue weighted by atomic mass is 10.0. The van der Waals surface area contributed by atoms with Gasteiger partial charge in [-0.2, -0.15) is 10.2 Å². The highest BCUT2D eigenvalue weighted by molar-refractivity contribution is 5.67. The van der Waals surface area contributed by atoms with E-state index in [0.717, 1.165) is 40.2 Å². The first-order chi connectivity index (χ1) is 13.1. The third kappa shape index (κ3) is 5.14. The zero-order chi connectivity index (χ0) is 19.1. The van der Waals surface area contributed by atoms with Gasteiger partial charge >= 0.3 is 0 Å². The van der Waals surface area contributed by atoms with Crippen LogP contribution >= 0.6 is 0 Å². The number of aromatic nitrogens is 3. The van der Waals surface area contributed by atoms with Crippen LogP contribution in [0.5, 0.6) is 0 Å². The van der Waals surface area contributed by atoms with Crippen LogP contribution in [0.25, 0.3) is 11.3 Å². The molecular formula is C22H23N5. The second-order valence-electron chi connectivity index (χ2n) is 6.45. The van der Waals surface area contributed by atoms with Crippen molar-refractivity contribution in [1.29, 1.82) is 0 Å². The molecule has 0 saturated heterocycles. The Kier molecular flexibility index (Phi) is 6.15. The van der Waals surface area contributed by atoms with Crippen molar-refractivity contribution in [2.45, 2.75) is 33.6 Å². The van der Waals surface area contributed by atoms with Gasteiger partial charge in [-0.3, -0.25) is 15.0 Å². The molecule has 0 radical (unpaired) electrons. The van der Waals surface area contributed by atoms with Crippen molar-refractivity contribution in [1.82, 2.24) is 15.0 Å². The van der Waals surface area contributed by atoms with Gasteiger partial charge in [0, 0.05) is 60.8 Å². The normalized spacial score (nSPS) is 11.5. The Morgan fingerprint density at radius 2 is 1.70 bits per heavy atom. The van der Waals surface area contributed by atoms with Crippen LogP contribution in [0, 0.1) is 20.8 Å². The van der Waals surface area contributed by atoms with Gasteiger partial charge < -0.3 is 0 Å². The van der Waals surface area contributed by atoms with Gasteiger partial charge in [0.2, 0.25) is 0 Å². The van der Waals surface area contributed by atoms with E-state index in [2.05, 4.69) is 50.3 Å². The second kappa shape index (κ2) is 8.94. The van der Waals surface area contributed by atoms with E-state index in [4.69, 9.17) is 0 Å². The summed E-state index contributed by atoms with van der Waals surface area (Å²) in [5, 5.41) is 8.23. The maximum atomic E-state index is 4.62. The number of aryl methyl sites for hydroxylation is 3. The zero-order valence-electron chi connectivity index (χ0n) is 15.9. The molecule has 0 aromatic carbocycles. The van der Waals surface area contributed by atoms with Gasteiger partial charge in [-0.1, -0.05) is 12.1 Å². The molecule has 27 heavy (non-hydrogen) atoms. The van der Waals surface area contributed by atoms with Crippen LogP contribution in [0.4, 0.5) is 0 Å². The standard InChI is InChI=1S/C22H23N5/c1-16-13-19(15-25-22(16)21-7-10-23-17(2)14-21)6-11-26-27-12-8-20-5-4-9-24-18(20)3/h4-5,7,9-15H,6,8H2,1-3H3/b26-11+,27-12-. The summed E-state index contributed by atoms with van der Waals surface area (Å²) < 4.78 is 0. The highest BCUT2D eigenvalue weighted by atomic mass is 15.2. The number of rotatable bonds is 6. The number of nitrogens with zero attached hydrogens (tertiary/aromatic N) is 5. The summed E-state index contributed by atoms with van der Waals surface area (Å²) >= 11 is 0. The summed E-state index contributed by atoms with van der Waals surface area (Å²) in [7, 11) is 0. The van der Waals surface area contributed by atoms with Gasteiger partial charge in [0.15, 0.2) is 0 Å². The molecule has 5 nitrogen and oxygen atoms in total. The molecule has 0 atom stereocenters. The third-order valence-corrected chi connectivity index (χ3v) is 4.29. The lowest BCUT2D eigenvalue weighted by Crippen LogP contribution is -1.95. The maximum Gasteiger partial charge on any atom is 0.0732 e. The topological polar surface area (TPSA) is 63.4 Å². The largest absolute Gasteiger partial charge is 0.262 e. The molecule has 0 aliphatic heterocycles. The van der Waals surface area contributed by atoms with Crippen LogP contribution in [0.2, 0.25) is 0 Å². The number of hydrogen-bond donors (Lipinski definition) is 0. The molecule has 0 spiro atoms. The molecule has 5 heteroatoms. The van der Waals surface area contributed by atoms with Crippen LogP contribution < -0.4 is 0 Å². The van der Waals surface area contributed by atoms with Gasteiger partial charge in [0.25, 0.3) is 0 Å². The van der Waals surface area contributed by atoms with E-state index >= 15 is 0 Å². The van der Waals surface area contributed by atoms with Crippen LogP contribution in [-0.2, 0) is 12.8 Å². The number of hydrogen-bond acceptors (Lipinski definition) is 5. The molecular weight excluding hydrogens is 334 g/mol. The summed E-state index contributed by atoms with van der Waals surface area (Å²) in [4.78, 5) is 13.1. The predicted octanol–water partition coefficient (Wildman–Crippen LogP) is 4.31. The summed E-state index contributed by atoms with van der Waals surface area (Å²) in [6.07, 6.45) is 10.6. The van der Waals surface area contributed by atoms with Gasteiger partial charge in [-0.25, -0.2) is 0 Å². The molecule has 0 saturated carbocycles. The average molecular weight is 357 g/mol. The first kappa shape index (κ1) is 18.6. The Morgan fingerprint density at radius 1 is 0.889 bits per heavy atom. The minimum absolute atomic E-state index is 0.701. The molecule has 0 bridgehead atoms. The van der Waals surface area contributed by atoms with Crippen LogP contribution in [-0.4, -0.2) is 27.4 Å². The van der Waals surface area contributed by atoms with Crippen molar-refractivity contribution < 1.29 is 0 Å². The van der Waals surface area contributed by atoms with Crippen molar-refractivity contribution >= 4 is 12.4 Å². The van der Waals surface area contributed by atoms with Crippen molar-refractivity contribution in [2.75, 3.05) is 0 Å². The summed E-state index contributed by atoms with van der Waals surface area (Å²) in [6.45, 7) is 6.06. The highest BCUT2D eigenvalue weighted by Crippen LogP contribution is 2.21. The molecule has 0 fully saturated rings. The molecule has 0 unspecified atom stereocenters. The van der Waals surface area contributed by atoms with E-state index in [1.165, 1.54) is 5.56 Å². The monoisotopic (exact) mass is 357 g/mol. The van der Waals surface area contributed by atoms with Crippen LogP contribution in [0.15, 0.2) is 59.1 Å². The Bertz CT molecular complexity index is 976. The maximum absolute atomic E-state index is 4.62. The number of pyridine rings is 3. The fourth-order valence-electron chi connectivity index (χ4n) is 2.85. The van der Waals surface area contributed by atoms with Gasteiger partial charge in [-0.05, 0) is 55.7 Å². The van der Waals surface area contributed by atoms with Gasteiger partial charge in [-0.15, -0.1) is 0 Å². The van der Waals surface area contributed by atoms with Crippen LogP contribution in [0.1, 0.15) is 28.1 Å². The fourth-order valence-corrected chi connectivity index (χ4v) is 2.85. The van der Waals surface area contributed by atoms with Crippen molar-refractivity contribution in [3.05, 3.63) is 77.0 Å². The molecule has 3 aromatic heterocycles. The molecule has 136 valence electrons. The minimum Gasteiger partial charge on any atom is -0.262 e. The summed E-state index contributed by atoms with van der Waals surface area (Å²) in [6, 6.07) is 10.2. The van der Waals surface area contributed by atoms with E-state index in [9.17, 15) is 0 Å². The zero-order valence-corrected chi connectivity index (χ0v) is 15.9. The highest BCUT2D eigenvalue weighted by Gasteiger charge is 2.05. The SMILES string of the molecule is Cc1cc(-c2ncc(C/C=N/N=C\Cc3cccnc3C)cc2C)ccn1. The molecule has 0 aliphatic rings. The molecule has 0 N–H and O–H groups in total. The third-order valence-electron chi connectivity index (χ3n) is 4.29. The fraction of sp³-hybridized carbons (Fsp3) is 0.227. The van der Waals surface area contributed by atoms with E-state index in [-0.39, 0.29) is 0 Å². The van der Waals surface area contributed by atoms with Gasteiger partial charge in [0.1, 0.15) is 0 Å². The first-order valence-electron chi connectivity index (χ1n) is 8.96. The summed E-state index contributed by atoms with van der Waals surface area (Å²) in [5.74, 6) is 0. The predicted molar refractivity (Wildman–Crippen MR) is 110 cm³/mol. The van der Waals surface area contributed by atoms with Crippen LogP contribution in [0.3, 0.4) is 0 Å². The summed E-state index contributed by atoms with van der Waals surface area (Å²) in [5.41, 5.74) is 7.52. The van der Waals surface area contributed by atoms with E-state index in [1.54, 1.807) is 18.6 Å². The molecule has 0 amide bonds. The van der Waals surface area contributed by atoms with Crippen molar-refractivity contribution in [2.24, 2.45) is 10.2 Å². The second-order valence-corrected chi connectivity index (χ2v) is 6.45. The first-order valence-corrected chi connectivity index (χ1v) is 8.96. The lowest BCUT2D eigenvalue weighted by Gasteiger charge is -2.07.